The molecule has 0 aromatic heterocycles. The van der Waals surface area contributed by atoms with Crippen molar-refractivity contribution in [3.05, 3.63) is 108 Å². The van der Waals surface area contributed by atoms with Gasteiger partial charge in [-0.25, -0.2) is 0 Å². The third-order valence-electron chi connectivity index (χ3n) is 5.42. The zero-order valence-corrected chi connectivity index (χ0v) is 16.4. The molecule has 0 amide bonds. The lowest BCUT2D eigenvalue weighted by molar-refractivity contribution is 0.284. The number of hydrogen-bond donors (Lipinski definition) is 0. The van der Waals surface area contributed by atoms with Crippen molar-refractivity contribution in [2.45, 2.75) is 6.42 Å². The van der Waals surface area contributed by atoms with E-state index in [4.69, 9.17) is 0 Å². The Labute approximate surface area is 168 Å². The van der Waals surface area contributed by atoms with Gasteiger partial charge in [-0.2, -0.15) is 0 Å². The number of benzene rings is 3. The van der Waals surface area contributed by atoms with Crippen molar-refractivity contribution in [3.8, 4) is 0 Å². The summed E-state index contributed by atoms with van der Waals surface area (Å²) in [5, 5.41) is 0. The monoisotopic (exact) mass is 368 g/mol. The molecule has 0 bridgehead atoms. The van der Waals surface area contributed by atoms with Crippen LogP contribution in [0.3, 0.4) is 0 Å². The molecule has 0 radical (unpaired) electrons. The summed E-state index contributed by atoms with van der Waals surface area (Å²) >= 11 is 0. The highest BCUT2D eigenvalue weighted by Crippen LogP contribution is 2.24. The molecule has 0 saturated carbocycles. The summed E-state index contributed by atoms with van der Waals surface area (Å²) < 4.78 is 0. The second kappa shape index (κ2) is 9.38. The van der Waals surface area contributed by atoms with Crippen LogP contribution in [0.1, 0.15) is 16.7 Å². The van der Waals surface area contributed by atoms with Gasteiger partial charge in [-0.05, 0) is 29.2 Å². The molecular formula is C26H28N2. The average molecular weight is 369 g/mol. The van der Waals surface area contributed by atoms with E-state index in [1.165, 1.54) is 22.4 Å². The molecule has 28 heavy (non-hydrogen) atoms. The van der Waals surface area contributed by atoms with Gasteiger partial charge in [0, 0.05) is 38.4 Å². The number of nitrogens with zero attached hydrogens (tertiary/aromatic N) is 2. The lowest BCUT2D eigenvalue weighted by Gasteiger charge is -2.36. The maximum absolute atomic E-state index is 2.55. The van der Waals surface area contributed by atoms with Gasteiger partial charge in [-0.3, -0.25) is 4.90 Å². The van der Waals surface area contributed by atoms with Crippen molar-refractivity contribution in [2.75, 3.05) is 37.6 Å². The van der Waals surface area contributed by atoms with Crippen LogP contribution in [0.25, 0.3) is 6.08 Å². The second-order valence-electron chi connectivity index (χ2n) is 7.39. The quantitative estimate of drug-likeness (QED) is 0.596. The fraction of sp³-hybridized carbons (Fsp3) is 0.231. The molecule has 142 valence electrons. The highest BCUT2D eigenvalue weighted by atomic mass is 15.3. The Morgan fingerprint density at radius 1 is 0.679 bits per heavy atom. The van der Waals surface area contributed by atoms with Crippen LogP contribution in [-0.4, -0.2) is 37.6 Å². The first-order chi connectivity index (χ1) is 13.9. The van der Waals surface area contributed by atoms with Gasteiger partial charge >= 0.3 is 0 Å². The molecule has 1 aliphatic heterocycles. The van der Waals surface area contributed by atoms with Crippen molar-refractivity contribution >= 4 is 11.8 Å². The highest BCUT2D eigenvalue weighted by molar-refractivity contribution is 5.55. The Morgan fingerprint density at radius 3 is 2.07 bits per heavy atom. The van der Waals surface area contributed by atoms with Gasteiger partial charge in [0.15, 0.2) is 0 Å². The van der Waals surface area contributed by atoms with E-state index in [-0.39, 0.29) is 0 Å². The SMILES string of the molecule is C(=Cc1ccccc1)CN1CCN(c2ccccc2Cc2ccccc2)CC1. The molecule has 0 spiro atoms. The Hall–Kier alpha value is -2.84. The van der Waals surface area contributed by atoms with E-state index in [0.717, 1.165) is 39.1 Å². The first-order valence-corrected chi connectivity index (χ1v) is 10.2. The summed E-state index contributed by atoms with van der Waals surface area (Å²) in [7, 11) is 0. The molecule has 2 heteroatoms. The third-order valence-corrected chi connectivity index (χ3v) is 5.42. The molecule has 1 aliphatic rings. The number of hydrogen-bond acceptors (Lipinski definition) is 2. The summed E-state index contributed by atoms with van der Waals surface area (Å²) in [6.07, 6.45) is 5.51. The first kappa shape index (κ1) is 18.5. The fourth-order valence-corrected chi connectivity index (χ4v) is 3.86. The van der Waals surface area contributed by atoms with E-state index >= 15 is 0 Å². The van der Waals surface area contributed by atoms with E-state index < -0.39 is 0 Å². The van der Waals surface area contributed by atoms with Crippen molar-refractivity contribution in [2.24, 2.45) is 0 Å². The number of anilines is 1. The second-order valence-corrected chi connectivity index (χ2v) is 7.39. The minimum Gasteiger partial charge on any atom is -0.369 e. The Bertz CT molecular complexity index is 879. The van der Waals surface area contributed by atoms with Crippen molar-refractivity contribution < 1.29 is 0 Å². The Balaban J connectivity index is 1.34. The Kier molecular flexibility index (Phi) is 6.21. The first-order valence-electron chi connectivity index (χ1n) is 10.2. The molecule has 0 atom stereocenters. The minimum atomic E-state index is 0.997. The van der Waals surface area contributed by atoms with Gasteiger partial charge in [0.1, 0.15) is 0 Å². The topological polar surface area (TPSA) is 6.48 Å². The normalized spacial score (nSPS) is 15.2. The van der Waals surface area contributed by atoms with Crippen LogP contribution < -0.4 is 4.90 Å². The van der Waals surface area contributed by atoms with Crippen LogP contribution in [-0.2, 0) is 6.42 Å². The van der Waals surface area contributed by atoms with Crippen LogP contribution >= 0.6 is 0 Å². The van der Waals surface area contributed by atoms with E-state index in [1.54, 1.807) is 0 Å². The largest absolute Gasteiger partial charge is 0.369 e. The van der Waals surface area contributed by atoms with Crippen molar-refractivity contribution in [1.29, 1.82) is 0 Å². The number of para-hydroxylation sites is 1. The van der Waals surface area contributed by atoms with Gasteiger partial charge in [0.2, 0.25) is 0 Å². The zero-order chi connectivity index (χ0) is 19.0. The van der Waals surface area contributed by atoms with Gasteiger partial charge < -0.3 is 4.90 Å². The summed E-state index contributed by atoms with van der Waals surface area (Å²) in [6, 6.07) is 30.2. The molecule has 2 nitrogen and oxygen atoms in total. The van der Waals surface area contributed by atoms with E-state index in [1.807, 2.05) is 0 Å². The lowest BCUT2D eigenvalue weighted by atomic mass is 10.0. The molecule has 3 aromatic carbocycles. The summed E-state index contributed by atoms with van der Waals surface area (Å²) in [5.74, 6) is 0. The molecule has 4 rings (SSSR count). The number of piperazine rings is 1. The van der Waals surface area contributed by atoms with E-state index in [2.05, 4.69) is 107 Å². The van der Waals surface area contributed by atoms with Crippen molar-refractivity contribution in [3.63, 3.8) is 0 Å². The smallest absolute Gasteiger partial charge is 0.0403 e. The Morgan fingerprint density at radius 2 is 1.32 bits per heavy atom. The van der Waals surface area contributed by atoms with E-state index in [0.29, 0.717) is 0 Å². The predicted octanol–water partition coefficient (Wildman–Crippen LogP) is 5.11. The van der Waals surface area contributed by atoms with Gasteiger partial charge in [0.25, 0.3) is 0 Å². The average Bonchev–Trinajstić information content (AvgIpc) is 2.76. The maximum Gasteiger partial charge on any atom is 0.0403 e. The molecule has 0 N–H and O–H groups in total. The number of rotatable bonds is 6. The molecular weight excluding hydrogens is 340 g/mol. The van der Waals surface area contributed by atoms with E-state index in [9.17, 15) is 0 Å². The van der Waals surface area contributed by atoms with Gasteiger partial charge in [-0.1, -0.05) is 91.0 Å². The minimum absolute atomic E-state index is 0.997. The third kappa shape index (κ3) is 4.90. The van der Waals surface area contributed by atoms with Gasteiger partial charge in [0.05, 0.1) is 0 Å². The van der Waals surface area contributed by atoms with Crippen LogP contribution in [0.15, 0.2) is 91.0 Å². The zero-order valence-electron chi connectivity index (χ0n) is 16.4. The van der Waals surface area contributed by atoms with Crippen LogP contribution in [0.5, 0.6) is 0 Å². The lowest BCUT2D eigenvalue weighted by Crippen LogP contribution is -2.46. The highest BCUT2D eigenvalue weighted by Gasteiger charge is 2.18. The molecule has 1 fully saturated rings. The summed E-state index contributed by atoms with van der Waals surface area (Å²) in [4.78, 5) is 5.09. The predicted molar refractivity (Wildman–Crippen MR) is 120 cm³/mol. The fourth-order valence-electron chi connectivity index (χ4n) is 3.86. The molecule has 3 aromatic rings. The molecule has 1 saturated heterocycles. The van der Waals surface area contributed by atoms with Gasteiger partial charge in [-0.15, -0.1) is 0 Å². The molecule has 1 heterocycles. The molecule has 0 unspecified atom stereocenters. The van der Waals surface area contributed by atoms with Crippen LogP contribution in [0.2, 0.25) is 0 Å². The summed E-state index contributed by atoms with van der Waals surface area (Å²) in [5.41, 5.74) is 5.47. The standard InChI is InChI=1S/C26H28N2/c1-3-10-23(11-4-1)14-9-17-27-18-20-28(21-19-27)26-16-8-7-15-25(26)22-24-12-5-2-6-13-24/h1-16H,17-22H2. The summed E-state index contributed by atoms with van der Waals surface area (Å²) in [6.45, 7) is 5.42. The molecule has 0 aliphatic carbocycles. The van der Waals surface area contributed by atoms with Crippen molar-refractivity contribution in [1.82, 2.24) is 4.90 Å². The maximum atomic E-state index is 2.55. The van der Waals surface area contributed by atoms with Crippen LogP contribution in [0, 0.1) is 0 Å². The van der Waals surface area contributed by atoms with Crippen LogP contribution in [0.4, 0.5) is 5.69 Å².